The monoisotopic (exact) mass is 921 g/mol. The van der Waals surface area contributed by atoms with Crippen molar-refractivity contribution in [3.8, 4) is 39.9 Å². The minimum absolute atomic E-state index is 0.370. The van der Waals surface area contributed by atoms with Crippen molar-refractivity contribution >= 4 is 87.2 Å². The third kappa shape index (κ3) is 6.00. The molecule has 0 aliphatic carbocycles. The lowest BCUT2D eigenvalue weighted by Crippen LogP contribution is -2.07. The molecule has 0 radical (unpaired) electrons. The van der Waals surface area contributed by atoms with Gasteiger partial charge in [0.05, 0.1) is 66.6 Å². The number of alkyl halides is 3. The van der Waals surface area contributed by atoms with Gasteiger partial charge < -0.3 is 18.3 Å². The summed E-state index contributed by atoms with van der Waals surface area (Å²) in [6, 6.07) is 73.2. The van der Waals surface area contributed by atoms with Crippen LogP contribution in [0.3, 0.4) is 0 Å². The standard InChI is InChI=1S/C63H38F3N5/c1-38-30-39(32-41(31-38)63(64,65)66)50-36-61(70-57-24-12-6-18-48(57)51-34-42(26-28-59(51)70)68-53-20-8-2-14-44(53)45-15-3-9-21-54(45)68)40(37-67)33-62(50)71-58-25-13-7-19-49(58)52-35-43(27-29-60(52)71)69-55-22-10-4-16-46(55)47-17-5-11-23-56(47)69/h2-36H,1H3. The highest BCUT2D eigenvalue weighted by Crippen LogP contribution is 2.44. The first kappa shape index (κ1) is 40.7. The molecule has 0 spiro atoms. The van der Waals surface area contributed by atoms with Crippen LogP contribution in [-0.4, -0.2) is 18.3 Å². The molecule has 4 aromatic heterocycles. The fourth-order valence-electron chi connectivity index (χ4n) is 11.5. The number of hydrogen-bond donors (Lipinski definition) is 0. The molecule has 0 fully saturated rings. The molecule has 0 bridgehead atoms. The molecule has 0 saturated heterocycles. The molecule has 4 heterocycles. The van der Waals surface area contributed by atoms with Crippen LogP contribution in [0, 0.1) is 18.3 Å². The van der Waals surface area contributed by atoms with Crippen molar-refractivity contribution in [2.75, 3.05) is 0 Å². The number of aromatic nitrogens is 4. The van der Waals surface area contributed by atoms with Gasteiger partial charge in [0.15, 0.2) is 0 Å². The molecule has 8 heteroatoms. The highest BCUT2D eigenvalue weighted by Gasteiger charge is 2.32. The number of rotatable bonds is 5. The molecule has 0 saturated carbocycles. The maximum atomic E-state index is 14.8. The van der Waals surface area contributed by atoms with Crippen LogP contribution in [0.25, 0.3) is 121 Å². The summed E-state index contributed by atoms with van der Waals surface area (Å²) < 4.78 is 53.3. The van der Waals surface area contributed by atoms with Gasteiger partial charge in [-0.1, -0.05) is 115 Å². The average molecular weight is 922 g/mol. The number of nitriles is 1. The predicted molar refractivity (Wildman–Crippen MR) is 284 cm³/mol. The Bertz CT molecular complexity index is 4500. The second-order valence-corrected chi connectivity index (χ2v) is 18.4. The number of fused-ring (bicyclic) bond motifs is 12. The minimum atomic E-state index is -4.59. The fourth-order valence-corrected chi connectivity index (χ4v) is 11.5. The minimum Gasteiger partial charge on any atom is -0.309 e. The summed E-state index contributed by atoms with van der Waals surface area (Å²) >= 11 is 0. The Morgan fingerprint density at radius 2 is 0.732 bits per heavy atom. The van der Waals surface area contributed by atoms with Gasteiger partial charge in [-0.3, -0.25) is 0 Å². The van der Waals surface area contributed by atoms with E-state index in [1.165, 1.54) is 12.1 Å². The molecule has 14 aromatic rings. The van der Waals surface area contributed by atoms with E-state index in [1.807, 2.05) is 54.6 Å². The number of para-hydroxylation sites is 6. The SMILES string of the molecule is Cc1cc(-c2cc(-n3c4ccccc4c4cc(-n5c6ccccc6c6ccccc65)ccc43)c(C#N)cc2-n2c3ccccc3c3cc(-n4c5ccccc5c5ccccc54)ccc32)cc(C(F)(F)F)c1. The molecular formula is C63H38F3N5. The summed E-state index contributed by atoms with van der Waals surface area (Å²) in [5.41, 5.74) is 12.0. The molecule has 10 aromatic carbocycles. The van der Waals surface area contributed by atoms with Gasteiger partial charge in [0, 0.05) is 60.0 Å². The number of aryl methyl sites for hydroxylation is 1. The molecule has 0 amide bonds. The predicted octanol–water partition coefficient (Wildman–Crippen LogP) is 16.9. The first-order valence-electron chi connectivity index (χ1n) is 23.6. The van der Waals surface area contributed by atoms with Crippen LogP contribution in [0.1, 0.15) is 16.7 Å². The molecule has 336 valence electrons. The Hall–Kier alpha value is -9.32. The number of halogens is 3. The van der Waals surface area contributed by atoms with Crippen LogP contribution in [0.2, 0.25) is 0 Å². The van der Waals surface area contributed by atoms with Crippen LogP contribution in [-0.2, 0) is 6.18 Å². The molecule has 0 aliphatic rings. The normalized spacial score (nSPS) is 12.2. The molecular weight excluding hydrogens is 884 g/mol. The largest absolute Gasteiger partial charge is 0.416 e. The second kappa shape index (κ2) is 15.1. The molecule has 14 rings (SSSR count). The van der Waals surface area contributed by atoms with Gasteiger partial charge in [0.25, 0.3) is 0 Å². The quantitative estimate of drug-likeness (QED) is 0.170. The van der Waals surface area contributed by atoms with Crippen LogP contribution >= 0.6 is 0 Å². The first-order chi connectivity index (χ1) is 34.7. The summed E-state index contributed by atoms with van der Waals surface area (Å²) in [5.74, 6) is 0. The highest BCUT2D eigenvalue weighted by molar-refractivity contribution is 6.14. The lowest BCUT2D eigenvalue weighted by molar-refractivity contribution is -0.137. The molecule has 0 N–H and O–H groups in total. The Morgan fingerprint density at radius 3 is 1.14 bits per heavy atom. The zero-order valence-corrected chi connectivity index (χ0v) is 38.1. The summed E-state index contributed by atoms with van der Waals surface area (Å²) in [6.45, 7) is 1.70. The molecule has 0 unspecified atom stereocenters. The molecule has 5 nitrogen and oxygen atoms in total. The van der Waals surface area contributed by atoms with Crippen molar-refractivity contribution in [3.05, 3.63) is 229 Å². The molecule has 71 heavy (non-hydrogen) atoms. The summed E-state index contributed by atoms with van der Waals surface area (Å²) in [7, 11) is 0. The van der Waals surface area contributed by atoms with E-state index in [-0.39, 0.29) is 0 Å². The fraction of sp³-hybridized carbons (Fsp3) is 0.0317. The van der Waals surface area contributed by atoms with Crippen LogP contribution in [0.15, 0.2) is 212 Å². The summed E-state index contributed by atoms with van der Waals surface area (Å²) in [4.78, 5) is 0. The maximum Gasteiger partial charge on any atom is 0.416 e. The van der Waals surface area contributed by atoms with Crippen molar-refractivity contribution in [1.29, 1.82) is 5.26 Å². The van der Waals surface area contributed by atoms with Crippen molar-refractivity contribution in [1.82, 2.24) is 18.3 Å². The average Bonchev–Trinajstić information content (AvgIpc) is 4.13. The van der Waals surface area contributed by atoms with Gasteiger partial charge in [0.2, 0.25) is 0 Å². The van der Waals surface area contributed by atoms with E-state index in [4.69, 9.17) is 0 Å². The molecule has 0 atom stereocenters. The lowest BCUT2D eigenvalue weighted by Gasteiger charge is -2.20. The Labute approximate surface area is 404 Å². The Morgan fingerprint density at radius 1 is 0.366 bits per heavy atom. The third-order valence-electron chi connectivity index (χ3n) is 14.4. The first-order valence-corrected chi connectivity index (χ1v) is 23.6. The number of nitrogens with zero attached hydrogens (tertiary/aromatic N) is 5. The number of benzene rings is 10. The zero-order valence-electron chi connectivity index (χ0n) is 38.1. The zero-order chi connectivity index (χ0) is 47.7. The molecule has 0 aliphatic heterocycles. The van der Waals surface area contributed by atoms with Crippen LogP contribution in [0.4, 0.5) is 13.2 Å². The van der Waals surface area contributed by atoms with Crippen LogP contribution < -0.4 is 0 Å². The second-order valence-electron chi connectivity index (χ2n) is 18.4. The van der Waals surface area contributed by atoms with Crippen molar-refractivity contribution in [2.45, 2.75) is 13.1 Å². The highest BCUT2D eigenvalue weighted by atomic mass is 19.4. The third-order valence-corrected chi connectivity index (χ3v) is 14.4. The Balaban J connectivity index is 1.04. The van der Waals surface area contributed by atoms with E-state index in [0.717, 1.165) is 98.6 Å². The van der Waals surface area contributed by atoms with E-state index >= 15 is 0 Å². The summed E-state index contributed by atoms with van der Waals surface area (Å²) in [6.07, 6.45) is -4.59. The van der Waals surface area contributed by atoms with Crippen molar-refractivity contribution in [3.63, 3.8) is 0 Å². The van der Waals surface area contributed by atoms with Crippen molar-refractivity contribution in [2.24, 2.45) is 0 Å². The maximum absolute atomic E-state index is 14.8. The van der Waals surface area contributed by atoms with E-state index in [1.54, 1.807) is 6.92 Å². The van der Waals surface area contributed by atoms with Crippen molar-refractivity contribution < 1.29 is 13.2 Å². The lowest BCUT2D eigenvalue weighted by atomic mass is 9.96. The van der Waals surface area contributed by atoms with Crippen LogP contribution in [0.5, 0.6) is 0 Å². The van der Waals surface area contributed by atoms with E-state index in [2.05, 4.69) is 170 Å². The van der Waals surface area contributed by atoms with Gasteiger partial charge in [-0.2, -0.15) is 18.4 Å². The van der Waals surface area contributed by atoms with E-state index in [0.29, 0.717) is 33.6 Å². The van der Waals surface area contributed by atoms with Gasteiger partial charge in [0.1, 0.15) is 6.07 Å². The van der Waals surface area contributed by atoms with E-state index in [9.17, 15) is 18.4 Å². The van der Waals surface area contributed by atoms with Gasteiger partial charge in [-0.15, -0.1) is 0 Å². The van der Waals surface area contributed by atoms with Gasteiger partial charge in [-0.05, 0) is 115 Å². The summed E-state index contributed by atoms with van der Waals surface area (Å²) in [5, 5.41) is 19.9. The topological polar surface area (TPSA) is 43.5 Å². The van der Waals surface area contributed by atoms with E-state index < -0.39 is 11.7 Å². The van der Waals surface area contributed by atoms with Gasteiger partial charge in [-0.25, -0.2) is 0 Å². The Kier molecular flexibility index (Phi) is 8.65. The number of hydrogen-bond acceptors (Lipinski definition) is 1. The smallest absolute Gasteiger partial charge is 0.309 e. The van der Waals surface area contributed by atoms with Gasteiger partial charge >= 0.3 is 6.18 Å².